The van der Waals surface area contributed by atoms with Gasteiger partial charge in [-0.2, -0.15) is 8.78 Å². The number of carbonyl (C=O) groups excluding carboxylic acids is 1. The third kappa shape index (κ3) is 2.23. The minimum absolute atomic E-state index is 0.395. The molecular formula is C11H10F4O. The van der Waals surface area contributed by atoms with Gasteiger partial charge in [-0.3, -0.25) is 4.79 Å². The number of hydrogen-bond acceptors (Lipinski definition) is 1. The molecule has 1 rings (SSSR count). The van der Waals surface area contributed by atoms with Crippen LogP contribution in [0, 0.1) is 13.8 Å². The second kappa shape index (κ2) is 4.23. The van der Waals surface area contributed by atoms with Crippen LogP contribution in [0.1, 0.15) is 21.5 Å². The molecule has 0 unspecified atom stereocenters. The Hall–Kier alpha value is -1.39. The van der Waals surface area contributed by atoms with Crippen LogP contribution >= 0.6 is 0 Å². The second-order valence-corrected chi connectivity index (χ2v) is 3.55. The summed E-state index contributed by atoms with van der Waals surface area (Å²) in [5.74, 6) is -6.47. The average Bonchev–Trinajstić information content (AvgIpc) is 2.20. The second-order valence-electron chi connectivity index (χ2n) is 3.55. The molecule has 0 N–H and O–H groups in total. The first kappa shape index (κ1) is 12.7. The summed E-state index contributed by atoms with van der Waals surface area (Å²) in [7, 11) is 0. The predicted molar refractivity (Wildman–Crippen MR) is 51.2 cm³/mol. The molecule has 0 aliphatic heterocycles. The van der Waals surface area contributed by atoms with Crippen molar-refractivity contribution in [1.82, 2.24) is 0 Å². The molecule has 1 aromatic rings. The molecule has 0 aromatic heterocycles. The van der Waals surface area contributed by atoms with E-state index in [1.807, 2.05) is 0 Å². The highest BCUT2D eigenvalue weighted by atomic mass is 19.3. The highest BCUT2D eigenvalue weighted by Gasteiger charge is 2.48. The van der Waals surface area contributed by atoms with Crippen LogP contribution in [0.2, 0.25) is 0 Å². The van der Waals surface area contributed by atoms with E-state index in [0.29, 0.717) is 5.56 Å². The molecule has 0 spiro atoms. The number of aryl methyl sites for hydroxylation is 2. The van der Waals surface area contributed by atoms with E-state index in [-0.39, 0.29) is 0 Å². The van der Waals surface area contributed by atoms with Crippen molar-refractivity contribution in [3.05, 3.63) is 34.9 Å². The lowest BCUT2D eigenvalue weighted by atomic mass is 10.0. The summed E-state index contributed by atoms with van der Waals surface area (Å²) in [6.45, 7) is 3.35. The Morgan fingerprint density at radius 3 is 2.19 bits per heavy atom. The Labute approximate surface area is 90.1 Å². The Bertz CT molecular complexity index is 412. The maximum atomic E-state index is 12.8. The van der Waals surface area contributed by atoms with E-state index in [9.17, 15) is 22.4 Å². The molecule has 0 saturated carbocycles. The number of halogens is 4. The number of carbonyl (C=O) groups is 1. The summed E-state index contributed by atoms with van der Waals surface area (Å²) >= 11 is 0. The van der Waals surface area contributed by atoms with Gasteiger partial charge in [0.15, 0.2) is 0 Å². The molecule has 0 aliphatic rings. The van der Waals surface area contributed by atoms with Crippen LogP contribution in [0.3, 0.4) is 0 Å². The number of rotatable bonds is 3. The molecule has 0 amide bonds. The molecule has 5 heteroatoms. The van der Waals surface area contributed by atoms with Crippen molar-refractivity contribution in [1.29, 1.82) is 0 Å². The summed E-state index contributed by atoms with van der Waals surface area (Å²) in [5.41, 5.74) is 1.02. The zero-order valence-corrected chi connectivity index (χ0v) is 8.73. The SMILES string of the molecule is Cc1ccc(C(=O)C(F)(F)C(F)F)cc1C. The van der Waals surface area contributed by atoms with Gasteiger partial charge in [0.25, 0.3) is 0 Å². The molecule has 0 heterocycles. The summed E-state index contributed by atoms with van der Waals surface area (Å²) < 4.78 is 49.4. The molecule has 0 bridgehead atoms. The molecule has 1 aromatic carbocycles. The first-order valence-electron chi connectivity index (χ1n) is 4.55. The third-order valence-corrected chi connectivity index (χ3v) is 2.35. The van der Waals surface area contributed by atoms with Crippen molar-refractivity contribution in [3.8, 4) is 0 Å². The molecule has 88 valence electrons. The zero-order valence-electron chi connectivity index (χ0n) is 8.73. The average molecular weight is 234 g/mol. The van der Waals surface area contributed by atoms with Crippen molar-refractivity contribution in [2.75, 3.05) is 0 Å². The minimum atomic E-state index is -4.62. The number of hydrogen-bond donors (Lipinski definition) is 0. The highest BCUT2D eigenvalue weighted by molar-refractivity contribution is 6.01. The Morgan fingerprint density at radius 1 is 1.19 bits per heavy atom. The van der Waals surface area contributed by atoms with Crippen LogP contribution in [-0.2, 0) is 0 Å². The summed E-state index contributed by atoms with van der Waals surface area (Å²) in [6.07, 6.45) is -3.98. The maximum absolute atomic E-state index is 12.8. The fourth-order valence-corrected chi connectivity index (χ4v) is 1.17. The van der Waals surface area contributed by atoms with Gasteiger partial charge in [-0.15, -0.1) is 0 Å². The van der Waals surface area contributed by atoms with E-state index in [1.165, 1.54) is 12.1 Å². The van der Waals surface area contributed by atoms with E-state index in [0.717, 1.165) is 11.6 Å². The van der Waals surface area contributed by atoms with Crippen molar-refractivity contribution >= 4 is 5.78 Å². The van der Waals surface area contributed by atoms with Gasteiger partial charge < -0.3 is 0 Å². The Morgan fingerprint density at radius 2 is 1.75 bits per heavy atom. The Balaban J connectivity index is 3.11. The van der Waals surface area contributed by atoms with Crippen molar-refractivity contribution in [2.24, 2.45) is 0 Å². The largest absolute Gasteiger partial charge is 0.368 e. The van der Waals surface area contributed by atoms with E-state index in [2.05, 4.69) is 0 Å². The van der Waals surface area contributed by atoms with Crippen LogP contribution in [0.15, 0.2) is 18.2 Å². The first-order chi connectivity index (χ1) is 7.26. The smallest absolute Gasteiger partial charge is 0.287 e. The van der Waals surface area contributed by atoms with Crippen LogP contribution < -0.4 is 0 Å². The number of benzene rings is 1. The van der Waals surface area contributed by atoms with Gasteiger partial charge in [-0.1, -0.05) is 12.1 Å². The van der Waals surface area contributed by atoms with Gasteiger partial charge in [-0.25, -0.2) is 8.78 Å². The molecule has 0 atom stereocenters. The number of Topliss-reactive ketones (excluding diaryl/α,β-unsaturated/α-hetero) is 1. The topological polar surface area (TPSA) is 17.1 Å². The maximum Gasteiger partial charge on any atom is 0.368 e. The fraction of sp³-hybridized carbons (Fsp3) is 0.364. The van der Waals surface area contributed by atoms with Gasteiger partial charge in [0, 0.05) is 5.56 Å². The number of alkyl halides is 4. The van der Waals surface area contributed by atoms with E-state index in [4.69, 9.17) is 0 Å². The molecule has 16 heavy (non-hydrogen) atoms. The van der Waals surface area contributed by atoms with Crippen molar-refractivity contribution < 1.29 is 22.4 Å². The summed E-state index contributed by atoms with van der Waals surface area (Å²) in [6, 6.07) is 3.76. The minimum Gasteiger partial charge on any atom is -0.287 e. The number of ketones is 1. The van der Waals surface area contributed by atoms with Gasteiger partial charge in [-0.05, 0) is 31.0 Å². The van der Waals surface area contributed by atoms with Crippen molar-refractivity contribution in [3.63, 3.8) is 0 Å². The van der Waals surface area contributed by atoms with Gasteiger partial charge in [0.1, 0.15) is 0 Å². The van der Waals surface area contributed by atoms with E-state index >= 15 is 0 Å². The quantitative estimate of drug-likeness (QED) is 0.578. The lowest BCUT2D eigenvalue weighted by molar-refractivity contribution is -0.0958. The monoisotopic (exact) mass is 234 g/mol. The molecule has 0 aliphatic carbocycles. The zero-order chi connectivity index (χ0) is 12.5. The predicted octanol–water partition coefficient (Wildman–Crippen LogP) is 3.39. The van der Waals surface area contributed by atoms with Crippen LogP contribution in [0.4, 0.5) is 17.6 Å². The highest BCUT2D eigenvalue weighted by Crippen LogP contribution is 2.27. The van der Waals surface area contributed by atoms with Crippen molar-refractivity contribution in [2.45, 2.75) is 26.2 Å². The molecule has 1 nitrogen and oxygen atoms in total. The molecular weight excluding hydrogens is 224 g/mol. The lowest BCUT2D eigenvalue weighted by Gasteiger charge is -2.14. The van der Waals surface area contributed by atoms with Gasteiger partial charge in [0.2, 0.25) is 5.78 Å². The summed E-state index contributed by atoms with van der Waals surface area (Å²) in [5, 5.41) is 0. The Kier molecular flexibility index (Phi) is 3.35. The normalized spacial score (nSPS) is 11.9. The molecule has 0 saturated heterocycles. The van der Waals surface area contributed by atoms with Crippen LogP contribution in [0.5, 0.6) is 0 Å². The molecule has 0 radical (unpaired) electrons. The van der Waals surface area contributed by atoms with Crippen LogP contribution in [-0.4, -0.2) is 18.1 Å². The fourth-order valence-electron chi connectivity index (χ4n) is 1.17. The molecule has 0 fully saturated rings. The van der Waals surface area contributed by atoms with Gasteiger partial charge >= 0.3 is 12.3 Å². The standard InChI is InChI=1S/C11H10F4O/c1-6-3-4-8(5-7(6)2)9(16)11(14,15)10(12)13/h3-5,10H,1-2H3. The van der Waals surface area contributed by atoms with Gasteiger partial charge in [0.05, 0.1) is 0 Å². The van der Waals surface area contributed by atoms with E-state index in [1.54, 1.807) is 13.8 Å². The third-order valence-electron chi connectivity index (χ3n) is 2.35. The lowest BCUT2D eigenvalue weighted by Crippen LogP contribution is -2.36. The van der Waals surface area contributed by atoms with Crippen LogP contribution in [0.25, 0.3) is 0 Å². The van der Waals surface area contributed by atoms with E-state index < -0.39 is 23.7 Å². The first-order valence-corrected chi connectivity index (χ1v) is 4.55. The summed E-state index contributed by atoms with van der Waals surface area (Å²) in [4.78, 5) is 11.1.